The summed E-state index contributed by atoms with van der Waals surface area (Å²) in [7, 11) is 3.49. The summed E-state index contributed by atoms with van der Waals surface area (Å²) in [6.45, 7) is 6.36. The molecule has 1 aliphatic carbocycles. The van der Waals surface area contributed by atoms with Crippen LogP contribution in [0.2, 0.25) is 0 Å². The summed E-state index contributed by atoms with van der Waals surface area (Å²) in [6.07, 6.45) is 8.66. The maximum Gasteiger partial charge on any atom is 0.209 e. The van der Waals surface area contributed by atoms with Crippen LogP contribution in [-0.4, -0.2) is 56.3 Å². The molecule has 0 bridgehead atoms. The van der Waals surface area contributed by atoms with Crippen molar-refractivity contribution in [2.24, 2.45) is 11.7 Å². The lowest BCUT2D eigenvalue weighted by Gasteiger charge is -2.18. The van der Waals surface area contributed by atoms with Gasteiger partial charge in [-0.1, -0.05) is 19.3 Å². The third-order valence-corrected chi connectivity index (χ3v) is 3.42. The highest BCUT2D eigenvalue weighted by Crippen LogP contribution is 2.21. The third kappa shape index (κ3) is 15.0. The fourth-order valence-electron chi connectivity index (χ4n) is 1.57. The predicted octanol–water partition coefficient (Wildman–Crippen LogP) is 1.71. The second-order valence-electron chi connectivity index (χ2n) is 5.10. The minimum atomic E-state index is 0.795. The first kappa shape index (κ1) is 21.2. The van der Waals surface area contributed by atoms with Crippen molar-refractivity contribution in [3.63, 3.8) is 0 Å². The maximum atomic E-state index is 9.66. The molecule has 1 aliphatic rings. The van der Waals surface area contributed by atoms with Crippen LogP contribution in [0.1, 0.15) is 46.0 Å². The van der Waals surface area contributed by atoms with Crippen LogP contribution in [-0.2, 0) is 9.59 Å². The Bertz CT molecular complexity index is 205. The molecule has 0 unspecified atom stereocenters. The molecular weight excluding hydrogens is 254 g/mol. The van der Waals surface area contributed by atoms with E-state index in [0.717, 1.165) is 38.4 Å². The number of carbonyl (C=O) groups excluding carboxylic acids is 2. The van der Waals surface area contributed by atoms with Crippen LogP contribution >= 0.6 is 0 Å². The summed E-state index contributed by atoms with van der Waals surface area (Å²) in [5, 5.41) is 0. The second kappa shape index (κ2) is 16.0. The van der Waals surface area contributed by atoms with Gasteiger partial charge in [0.1, 0.15) is 0 Å². The molecular formula is C15H33N3O2. The molecule has 0 aromatic heterocycles. The number of carbonyl (C=O) groups is 2. The molecule has 1 saturated carbocycles. The number of hydrogen-bond donors (Lipinski definition) is 1. The summed E-state index contributed by atoms with van der Waals surface area (Å²) in [4.78, 5) is 22.5. The van der Waals surface area contributed by atoms with E-state index < -0.39 is 0 Å². The lowest BCUT2D eigenvalue weighted by molar-refractivity contribution is -0.117. The number of hydrogen-bond acceptors (Lipinski definition) is 3. The molecule has 0 spiro atoms. The highest BCUT2D eigenvalue weighted by Gasteiger charge is 2.09. The Hall–Kier alpha value is -1.10. The Morgan fingerprint density at radius 3 is 1.50 bits per heavy atom. The Labute approximate surface area is 124 Å². The van der Waals surface area contributed by atoms with Crippen molar-refractivity contribution in [2.45, 2.75) is 46.0 Å². The van der Waals surface area contributed by atoms with Crippen LogP contribution in [0.15, 0.2) is 0 Å². The average molecular weight is 287 g/mol. The van der Waals surface area contributed by atoms with Gasteiger partial charge in [0.2, 0.25) is 12.8 Å². The van der Waals surface area contributed by atoms with E-state index in [-0.39, 0.29) is 0 Å². The normalized spacial score (nSPS) is 14.1. The van der Waals surface area contributed by atoms with Crippen molar-refractivity contribution in [3.8, 4) is 0 Å². The molecule has 0 atom stereocenters. The monoisotopic (exact) mass is 287 g/mol. The van der Waals surface area contributed by atoms with Crippen molar-refractivity contribution >= 4 is 12.8 Å². The first-order valence-corrected chi connectivity index (χ1v) is 7.56. The smallest absolute Gasteiger partial charge is 0.209 e. The molecule has 0 aliphatic heterocycles. The molecule has 0 radical (unpaired) electrons. The predicted molar refractivity (Wildman–Crippen MR) is 84.4 cm³/mol. The molecule has 1 fully saturated rings. The van der Waals surface area contributed by atoms with E-state index in [1.165, 1.54) is 32.1 Å². The molecule has 2 amide bonds. The molecule has 5 heteroatoms. The van der Waals surface area contributed by atoms with Gasteiger partial charge in [-0.3, -0.25) is 9.59 Å². The molecule has 0 saturated heterocycles. The second-order valence-corrected chi connectivity index (χ2v) is 5.10. The van der Waals surface area contributed by atoms with E-state index in [9.17, 15) is 9.59 Å². The Morgan fingerprint density at radius 1 is 0.950 bits per heavy atom. The standard InChI is InChI=1S/C7H15N.2C4H9NO/c8-6-7-4-2-1-3-5-7;2*1-3-5(2)4-6/h7H,1-6,8H2;2*4H,3H2,1-2H3. The van der Waals surface area contributed by atoms with E-state index in [4.69, 9.17) is 5.73 Å². The van der Waals surface area contributed by atoms with Crippen LogP contribution in [0.4, 0.5) is 0 Å². The number of nitrogens with zero attached hydrogens (tertiary/aromatic N) is 2. The molecule has 0 aromatic rings. The van der Waals surface area contributed by atoms with Gasteiger partial charge in [0.25, 0.3) is 0 Å². The third-order valence-electron chi connectivity index (χ3n) is 3.42. The van der Waals surface area contributed by atoms with E-state index >= 15 is 0 Å². The van der Waals surface area contributed by atoms with Gasteiger partial charge in [-0.05, 0) is 39.2 Å². The lowest BCUT2D eigenvalue weighted by atomic mass is 9.90. The van der Waals surface area contributed by atoms with E-state index in [1.54, 1.807) is 23.9 Å². The summed E-state index contributed by atoms with van der Waals surface area (Å²) in [5.41, 5.74) is 5.50. The fraction of sp³-hybridized carbons (Fsp3) is 0.867. The molecule has 5 nitrogen and oxygen atoms in total. The van der Waals surface area contributed by atoms with E-state index in [0.29, 0.717) is 0 Å². The Balaban J connectivity index is 0. The summed E-state index contributed by atoms with van der Waals surface area (Å²) < 4.78 is 0. The van der Waals surface area contributed by atoms with Crippen LogP contribution in [0.25, 0.3) is 0 Å². The van der Waals surface area contributed by atoms with Gasteiger partial charge in [-0.25, -0.2) is 0 Å². The highest BCUT2D eigenvalue weighted by atomic mass is 16.1. The van der Waals surface area contributed by atoms with Crippen molar-refractivity contribution in [3.05, 3.63) is 0 Å². The SMILES string of the molecule is CCN(C)C=O.CCN(C)C=O.NCC1CCCCC1. The Morgan fingerprint density at radius 2 is 1.35 bits per heavy atom. The van der Waals surface area contributed by atoms with Gasteiger partial charge in [0.05, 0.1) is 0 Å². The minimum absolute atomic E-state index is 0.795. The zero-order valence-electron chi connectivity index (χ0n) is 13.7. The number of amides is 2. The maximum absolute atomic E-state index is 9.66. The van der Waals surface area contributed by atoms with E-state index in [2.05, 4.69) is 0 Å². The van der Waals surface area contributed by atoms with Gasteiger partial charge in [0, 0.05) is 27.2 Å². The minimum Gasteiger partial charge on any atom is -0.349 e. The lowest BCUT2D eigenvalue weighted by Crippen LogP contribution is -2.16. The molecule has 120 valence electrons. The van der Waals surface area contributed by atoms with Crippen molar-refractivity contribution in [2.75, 3.05) is 33.7 Å². The van der Waals surface area contributed by atoms with E-state index in [1.807, 2.05) is 13.8 Å². The van der Waals surface area contributed by atoms with Gasteiger partial charge in [0.15, 0.2) is 0 Å². The summed E-state index contributed by atoms with van der Waals surface area (Å²) in [6, 6.07) is 0. The fourth-order valence-corrected chi connectivity index (χ4v) is 1.57. The quantitative estimate of drug-likeness (QED) is 0.783. The van der Waals surface area contributed by atoms with Crippen molar-refractivity contribution in [1.82, 2.24) is 9.80 Å². The largest absolute Gasteiger partial charge is 0.349 e. The number of rotatable bonds is 5. The van der Waals surface area contributed by atoms with Gasteiger partial charge < -0.3 is 15.5 Å². The molecule has 0 aromatic carbocycles. The van der Waals surface area contributed by atoms with Crippen molar-refractivity contribution in [1.29, 1.82) is 0 Å². The first-order valence-electron chi connectivity index (χ1n) is 7.56. The number of nitrogens with two attached hydrogens (primary N) is 1. The highest BCUT2D eigenvalue weighted by molar-refractivity contribution is 5.46. The van der Waals surface area contributed by atoms with Gasteiger partial charge >= 0.3 is 0 Å². The van der Waals surface area contributed by atoms with Gasteiger partial charge in [-0.2, -0.15) is 0 Å². The molecule has 20 heavy (non-hydrogen) atoms. The zero-order chi connectivity index (χ0) is 15.8. The summed E-state index contributed by atoms with van der Waals surface area (Å²) in [5.74, 6) is 0.865. The first-order chi connectivity index (χ1) is 9.55. The topological polar surface area (TPSA) is 66.6 Å². The van der Waals surface area contributed by atoms with Crippen molar-refractivity contribution < 1.29 is 9.59 Å². The molecule has 0 heterocycles. The Kier molecular flexibility index (Phi) is 16.9. The molecule has 2 N–H and O–H groups in total. The van der Waals surface area contributed by atoms with Crippen LogP contribution in [0.3, 0.4) is 0 Å². The van der Waals surface area contributed by atoms with Crippen LogP contribution in [0.5, 0.6) is 0 Å². The molecule has 1 rings (SSSR count). The average Bonchev–Trinajstić information content (AvgIpc) is 2.55. The van der Waals surface area contributed by atoms with Crippen LogP contribution in [0, 0.1) is 5.92 Å². The zero-order valence-corrected chi connectivity index (χ0v) is 13.7. The van der Waals surface area contributed by atoms with Gasteiger partial charge in [-0.15, -0.1) is 0 Å². The van der Waals surface area contributed by atoms with Crippen LogP contribution < -0.4 is 5.73 Å². The summed E-state index contributed by atoms with van der Waals surface area (Å²) >= 11 is 0.